The summed E-state index contributed by atoms with van der Waals surface area (Å²) < 4.78 is 5.40. The number of carboxylic acids is 1. The van der Waals surface area contributed by atoms with E-state index in [1.807, 2.05) is 6.92 Å². The van der Waals surface area contributed by atoms with Gasteiger partial charge in [-0.15, -0.1) is 0 Å². The third-order valence-corrected chi connectivity index (χ3v) is 2.30. The third-order valence-electron chi connectivity index (χ3n) is 2.30. The van der Waals surface area contributed by atoms with E-state index in [4.69, 9.17) is 15.3 Å². The molecule has 1 rings (SSSR count). The Kier molecular flexibility index (Phi) is 5.70. The van der Waals surface area contributed by atoms with E-state index in [1.165, 1.54) is 0 Å². The standard InChI is InChI=1S/C13H18N2O3/c1-2-15-13(14)10-5-7-11(8-6-10)18-9-3-4-12(16)17/h5-8H,2-4,9H2,1H3,(H2,14,15)(H,16,17). The normalized spacial score (nSPS) is 9.83. The Labute approximate surface area is 106 Å². The fourth-order valence-electron chi connectivity index (χ4n) is 1.41. The molecule has 0 fully saturated rings. The van der Waals surface area contributed by atoms with Crippen LogP contribution < -0.4 is 10.1 Å². The third kappa shape index (κ3) is 4.86. The number of carbonyl (C=O) groups is 1. The molecule has 1 aromatic rings. The van der Waals surface area contributed by atoms with Crippen molar-refractivity contribution in [2.24, 2.45) is 0 Å². The first-order valence-electron chi connectivity index (χ1n) is 5.91. The molecule has 0 amide bonds. The highest BCUT2D eigenvalue weighted by Gasteiger charge is 2.01. The van der Waals surface area contributed by atoms with Gasteiger partial charge in [0.25, 0.3) is 0 Å². The second-order valence-electron chi connectivity index (χ2n) is 3.78. The van der Waals surface area contributed by atoms with Crippen LogP contribution in [0.2, 0.25) is 0 Å². The van der Waals surface area contributed by atoms with Gasteiger partial charge in [0.15, 0.2) is 0 Å². The molecular formula is C13H18N2O3. The average Bonchev–Trinajstić information content (AvgIpc) is 2.35. The average molecular weight is 250 g/mol. The summed E-state index contributed by atoms with van der Waals surface area (Å²) in [6, 6.07) is 7.17. The van der Waals surface area contributed by atoms with Crippen molar-refractivity contribution < 1.29 is 14.6 Å². The largest absolute Gasteiger partial charge is 0.494 e. The highest BCUT2D eigenvalue weighted by Crippen LogP contribution is 2.12. The quantitative estimate of drug-likeness (QED) is 0.392. The molecular weight excluding hydrogens is 232 g/mol. The Bertz CT molecular complexity index is 401. The fraction of sp³-hybridized carbons (Fsp3) is 0.385. The topological polar surface area (TPSA) is 82.4 Å². The van der Waals surface area contributed by atoms with Crippen LogP contribution >= 0.6 is 0 Å². The second kappa shape index (κ2) is 7.32. The van der Waals surface area contributed by atoms with Gasteiger partial charge in [0, 0.05) is 18.5 Å². The minimum atomic E-state index is -0.812. The summed E-state index contributed by atoms with van der Waals surface area (Å²) in [5, 5.41) is 19.1. The van der Waals surface area contributed by atoms with Crippen molar-refractivity contribution in [1.29, 1.82) is 5.41 Å². The molecule has 5 heteroatoms. The molecule has 1 aromatic carbocycles. The van der Waals surface area contributed by atoms with Gasteiger partial charge < -0.3 is 15.2 Å². The Balaban J connectivity index is 2.40. The number of nitrogens with one attached hydrogen (secondary N) is 2. The van der Waals surface area contributed by atoms with Gasteiger partial charge in [-0.05, 0) is 37.6 Å². The van der Waals surface area contributed by atoms with Crippen LogP contribution in [0.4, 0.5) is 0 Å². The fourth-order valence-corrected chi connectivity index (χ4v) is 1.41. The van der Waals surface area contributed by atoms with Crippen molar-refractivity contribution >= 4 is 11.8 Å². The first-order chi connectivity index (χ1) is 8.63. The van der Waals surface area contributed by atoms with Crippen molar-refractivity contribution in [2.45, 2.75) is 19.8 Å². The van der Waals surface area contributed by atoms with Crippen LogP contribution in [0.1, 0.15) is 25.3 Å². The van der Waals surface area contributed by atoms with Gasteiger partial charge in [-0.25, -0.2) is 0 Å². The predicted octanol–water partition coefficient (Wildman–Crippen LogP) is 1.87. The molecule has 0 unspecified atom stereocenters. The van der Waals surface area contributed by atoms with Crippen LogP contribution in [-0.2, 0) is 4.79 Å². The summed E-state index contributed by atoms with van der Waals surface area (Å²) in [5.41, 5.74) is 0.801. The molecule has 0 atom stereocenters. The molecule has 0 heterocycles. The van der Waals surface area contributed by atoms with E-state index in [0.29, 0.717) is 31.2 Å². The van der Waals surface area contributed by atoms with Gasteiger partial charge in [0.05, 0.1) is 6.61 Å². The van der Waals surface area contributed by atoms with Crippen molar-refractivity contribution in [3.8, 4) is 5.75 Å². The maximum atomic E-state index is 10.3. The Hall–Kier alpha value is -2.04. The van der Waals surface area contributed by atoms with Crippen molar-refractivity contribution in [2.75, 3.05) is 13.2 Å². The lowest BCUT2D eigenvalue weighted by Gasteiger charge is -2.08. The molecule has 0 aliphatic carbocycles. The van der Waals surface area contributed by atoms with Crippen LogP contribution in [-0.4, -0.2) is 30.1 Å². The highest BCUT2D eigenvalue weighted by molar-refractivity contribution is 5.96. The van der Waals surface area contributed by atoms with Crippen LogP contribution in [0.15, 0.2) is 24.3 Å². The number of rotatable bonds is 7. The zero-order valence-electron chi connectivity index (χ0n) is 10.4. The molecule has 0 saturated carbocycles. The van der Waals surface area contributed by atoms with Gasteiger partial charge in [0.2, 0.25) is 0 Å². The predicted molar refractivity (Wildman–Crippen MR) is 69.3 cm³/mol. The number of benzene rings is 1. The summed E-state index contributed by atoms with van der Waals surface area (Å²) in [4.78, 5) is 10.3. The molecule has 0 saturated heterocycles. The number of aliphatic carboxylic acids is 1. The summed E-state index contributed by atoms with van der Waals surface area (Å²) >= 11 is 0. The molecule has 98 valence electrons. The minimum absolute atomic E-state index is 0.114. The van der Waals surface area contributed by atoms with Crippen LogP contribution in [0.5, 0.6) is 5.75 Å². The molecule has 0 radical (unpaired) electrons. The lowest BCUT2D eigenvalue weighted by Crippen LogP contribution is -2.22. The number of hydrogen-bond donors (Lipinski definition) is 3. The summed E-state index contributed by atoms with van der Waals surface area (Å²) in [6.45, 7) is 3.04. The molecule has 5 nitrogen and oxygen atoms in total. The molecule has 3 N–H and O–H groups in total. The smallest absolute Gasteiger partial charge is 0.303 e. The zero-order chi connectivity index (χ0) is 13.4. The monoisotopic (exact) mass is 250 g/mol. The number of carboxylic acid groups (broad SMARTS) is 1. The van der Waals surface area contributed by atoms with E-state index in [1.54, 1.807) is 24.3 Å². The SMILES string of the molecule is CCNC(=N)c1ccc(OCCCC(=O)O)cc1. The molecule has 0 aliphatic heterocycles. The van der Waals surface area contributed by atoms with Crippen molar-refractivity contribution in [1.82, 2.24) is 5.32 Å². The van der Waals surface area contributed by atoms with Gasteiger partial charge in [-0.2, -0.15) is 0 Å². The van der Waals surface area contributed by atoms with E-state index in [0.717, 1.165) is 5.56 Å². The lowest BCUT2D eigenvalue weighted by molar-refractivity contribution is -0.137. The summed E-state index contributed by atoms with van der Waals surface area (Å²) in [7, 11) is 0. The van der Waals surface area contributed by atoms with Gasteiger partial charge in [-0.1, -0.05) is 0 Å². The van der Waals surface area contributed by atoms with E-state index in [-0.39, 0.29) is 6.42 Å². The van der Waals surface area contributed by atoms with E-state index in [9.17, 15) is 4.79 Å². The molecule has 0 aromatic heterocycles. The van der Waals surface area contributed by atoms with Crippen molar-refractivity contribution in [3.05, 3.63) is 29.8 Å². The molecule has 0 spiro atoms. The first kappa shape index (κ1) is 14.0. The Morgan fingerprint density at radius 3 is 2.61 bits per heavy atom. The molecule has 0 bridgehead atoms. The minimum Gasteiger partial charge on any atom is -0.494 e. The van der Waals surface area contributed by atoms with Crippen molar-refractivity contribution in [3.63, 3.8) is 0 Å². The number of amidine groups is 1. The van der Waals surface area contributed by atoms with Crippen LogP contribution in [0.3, 0.4) is 0 Å². The van der Waals surface area contributed by atoms with E-state index < -0.39 is 5.97 Å². The first-order valence-corrected chi connectivity index (χ1v) is 5.91. The van der Waals surface area contributed by atoms with E-state index >= 15 is 0 Å². The van der Waals surface area contributed by atoms with E-state index in [2.05, 4.69) is 5.32 Å². The van der Waals surface area contributed by atoms with Crippen LogP contribution in [0, 0.1) is 5.41 Å². The molecule has 0 aliphatic rings. The Morgan fingerprint density at radius 2 is 2.06 bits per heavy atom. The maximum Gasteiger partial charge on any atom is 0.303 e. The zero-order valence-corrected chi connectivity index (χ0v) is 10.4. The van der Waals surface area contributed by atoms with Crippen LogP contribution in [0.25, 0.3) is 0 Å². The number of hydrogen-bond acceptors (Lipinski definition) is 3. The van der Waals surface area contributed by atoms with Gasteiger partial charge in [0.1, 0.15) is 11.6 Å². The summed E-state index contributed by atoms with van der Waals surface area (Å²) in [5.74, 6) is 0.261. The highest BCUT2D eigenvalue weighted by atomic mass is 16.5. The van der Waals surface area contributed by atoms with Gasteiger partial charge in [-0.3, -0.25) is 10.2 Å². The lowest BCUT2D eigenvalue weighted by atomic mass is 10.2. The maximum absolute atomic E-state index is 10.3. The second-order valence-corrected chi connectivity index (χ2v) is 3.78. The Morgan fingerprint density at radius 1 is 1.39 bits per heavy atom. The van der Waals surface area contributed by atoms with Gasteiger partial charge >= 0.3 is 5.97 Å². The molecule has 18 heavy (non-hydrogen) atoms. The number of ether oxygens (including phenoxy) is 1. The summed E-state index contributed by atoms with van der Waals surface area (Å²) in [6.07, 6.45) is 0.605.